The van der Waals surface area contributed by atoms with E-state index in [0.29, 0.717) is 49.0 Å². The minimum atomic E-state index is -0.417. The summed E-state index contributed by atoms with van der Waals surface area (Å²) < 4.78 is 16.0. The molecule has 9 nitrogen and oxygen atoms in total. The molecule has 0 spiro atoms. The molecule has 35 heavy (non-hydrogen) atoms. The van der Waals surface area contributed by atoms with Crippen LogP contribution in [0, 0.1) is 5.92 Å². The second-order valence-corrected chi connectivity index (χ2v) is 8.71. The van der Waals surface area contributed by atoms with Crippen LogP contribution in [0.15, 0.2) is 36.4 Å². The van der Waals surface area contributed by atoms with Gasteiger partial charge in [0, 0.05) is 37.7 Å². The zero-order chi connectivity index (χ0) is 25.5. The number of benzene rings is 2. The number of nitrogens with one attached hydrogen (secondary N) is 2. The Morgan fingerprint density at radius 3 is 2.09 bits per heavy atom. The van der Waals surface area contributed by atoms with Crippen molar-refractivity contribution in [2.24, 2.45) is 5.92 Å². The van der Waals surface area contributed by atoms with Gasteiger partial charge in [-0.25, -0.2) is 0 Å². The van der Waals surface area contributed by atoms with E-state index >= 15 is 0 Å². The number of methoxy groups -OCH3 is 3. The molecule has 2 amide bonds. The summed E-state index contributed by atoms with van der Waals surface area (Å²) in [4.78, 5) is 29.3. The first-order valence-corrected chi connectivity index (χ1v) is 11.7. The first-order chi connectivity index (χ1) is 16.8. The lowest BCUT2D eigenvalue weighted by molar-refractivity contribution is -0.134. The van der Waals surface area contributed by atoms with E-state index in [-0.39, 0.29) is 16.9 Å². The Bertz CT molecular complexity index is 1060. The molecule has 1 fully saturated rings. The number of para-hydroxylation sites is 2. The number of hydrogen-bond acceptors (Lipinski definition) is 7. The van der Waals surface area contributed by atoms with Crippen molar-refractivity contribution in [3.63, 3.8) is 0 Å². The first-order valence-electron chi connectivity index (χ1n) is 11.3. The van der Waals surface area contributed by atoms with Crippen LogP contribution in [0.25, 0.3) is 0 Å². The quantitative estimate of drug-likeness (QED) is 0.561. The third-order valence-corrected chi connectivity index (χ3v) is 5.94. The lowest BCUT2D eigenvalue weighted by atomic mass is 10.1. The number of ether oxygens (including phenoxy) is 3. The predicted octanol–water partition coefficient (Wildman–Crippen LogP) is 3.14. The average molecular weight is 501 g/mol. The average Bonchev–Trinajstić information content (AvgIpc) is 2.87. The second kappa shape index (κ2) is 11.7. The van der Waals surface area contributed by atoms with Crippen LogP contribution in [-0.2, 0) is 4.79 Å². The molecule has 0 radical (unpaired) electrons. The van der Waals surface area contributed by atoms with E-state index in [1.165, 1.54) is 21.3 Å². The Labute approximate surface area is 211 Å². The number of nitrogens with zero attached hydrogens (tertiary/aromatic N) is 2. The minimum Gasteiger partial charge on any atom is -0.493 e. The van der Waals surface area contributed by atoms with Gasteiger partial charge in [-0.15, -0.1) is 0 Å². The number of rotatable bonds is 7. The SMILES string of the molecule is COc1cc(C(=O)NC(=S)Nc2ccccc2N2CCN(C(=O)C(C)C)CC2)cc(OC)c1OC. The lowest BCUT2D eigenvalue weighted by Gasteiger charge is -2.37. The molecular formula is C25H32N4O5S. The van der Waals surface area contributed by atoms with Gasteiger partial charge in [-0.05, 0) is 36.5 Å². The molecular weight excluding hydrogens is 468 g/mol. The molecule has 0 bridgehead atoms. The highest BCUT2D eigenvalue weighted by Gasteiger charge is 2.24. The summed E-state index contributed by atoms with van der Waals surface area (Å²) in [6, 6.07) is 10.9. The number of piperazine rings is 1. The number of carbonyl (C=O) groups excluding carboxylic acids is 2. The molecule has 0 atom stereocenters. The van der Waals surface area contributed by atoms with E-state index in [2.05, 4.69) is 15.5 Å². The maximum Gasteiger partial charge on any atom is 0.257 e. The number of anilines is 2. The van der Waals surface area contributed by atoms with Gasteiger partial charge in [0.25, 0.3) is 5.91 Å². The molecule has 1 aliphatic heterocycles. The van der Waals surface area contributed by atoms with Crippen molar-refractivity contribution in [1.29, 1.82) is 0 Å². The molecule has 0 aromatic heterocycles. The Morgan fingerprint density at radius 2 is 1.54 bits per heavy atom. The lowest BCUT2D eigenvalue weighted by Crippen LogP contribution is -2.50. The molecule has 1 saturated heterocycles. The van der Waals surface area contributed by atoms with E-state index in [9.17, 15) is 9.59 Å². The molecule has 1 aliphatic rings. The van der Waals surface area contributed by atoms with E-state index in [4.69, 9.17) is 26.4 Å². The van der Waals surface area contributed by atoms with Gasteiger partial charge in [0.2, 0.25) is 11.7 Å². The largest absolute Gasteiger partial charge is 0.493 e. The fourth-order valence-electron chi connectivity index (χ4n) is 3.93. The summed E-state index contributed by atoms with van der Waals surface area (Å²) in [5.74, 6) is 0.887. The minimum absolute atomic E-state index is 0.0119. The van der Waals surface area contributed by atoms with Gasteiger partial charge < -0.3 is 29.3 Å². The van der Waals surface area contributed by atoms with E-state index < -0.39 is 5.91 Å². The smallest absolute Gasteiger partial charge is 0.257 e. The van der Waals surface area contributed by atoms with E-state index in [1.54, 1.807) is 12.1 Å². The summed E-state index contributed by atoms with van der Waals surface area (Å²) in [6.45, 7) is 6.58. The highest BCUT2D eigenvalue weighted by atomic mass is 32.1. The molecule has 10 heteroatoms. The molecule has 0 saturated carbocycles. The highest BCUT2D eigenvalue weighted by molar-refractivity contribution is 7.80. The number of amides is 2. The van der Waals surface area contributed by atoms with Crippen molar-refractivity contribution in [2.45, 2.75) is 13.8 Å². The maximum absolute atomic E-state index is 12.9. The normalized spacial score (nSPS) is 13.3. The predicted molar refractivity (Wildman–Crippen MR) is 140 cm³/mol. The van der Waals surface area contributed by atoms with Gasteiger partial charge in [-0.1, -0.05) is 26.0 Å². The summed E-state index contributed by atoms with van der Waals surface area (Å²) in [5, 5.41) is 6.00. The summed E-state index contributed by atoms with van der Waals surface area (Å²) in [5.41, 5.74) is 2.03. The van der Waals surface area contributed by atoms with Crippen molar-refractivity contribution in [2.75, 3.05) is 57.7 Å². The van der Waals surface area contributed by atoms with Crippen molar-refractivity contribution in [3.8, 4) is 17.2 Å². The Kier molecular flexibility index (Phi) is 8.75. The highest BCUT2D eigenvalue weighted by Crippen LogP contribution is 2.38. The van der Waals surface area contributed by atoms with Crippen LogP contribution in [0.2, 0.25) is 0 Å². The zero-order valence-electron chi connectivity index (χ0n) is 20.7. The van der Waals surface area contributed by atoms with Gasteiger partial charge in [0.05, 0.1) is 32.7 Å². The van der Waals surface area contributed by atoms with Crippen LogP contribution in [0.4, 0.5) is 11.4 Å². The van der Waals surface area contributed by atoms with Gasteiger partial charge in [0.15, 0.2) is 16.6 Å². The number of carbonyl (C=O) groups is 2. The summed E-state index contributed by atoms with van der Waals surface area (Å²) in [6.07, 6.45) is 0. The zero-order valence-corrected chi connectivity index (χ0v) is 21.5. The van der Waals surface area contributed by atoms with E-state index in [1.807, 2.05) is 43.0 Å². The molecule has 0 unspecified atom stereocenters. The third kappa shape index (κ3) is 6.13. The molecule has 188 valence electrons. The fraction of sp³-hybridized carbons (Fsp3) is 0.400. The van der Waals surface area contributed by atoms with Crippen LogP contribution in [0.5, 0.6) is 17.2 Å². The molecule has 3 rings (SSSR count). The van der Waals surface area contributed by atoms with Crippen LogP contribution < -0.4 is 29.7 Å². The monoisotopic (exact) mass is 500 g/mol. The Hall–Kier alpha value is -3.53. The van der Waals surface area contributed by atoms with Crippen LogP contribution >= 0.6 is 12.2 Å². The standard InChI is InChI=1S/C25H32N4O5S/c1-16(2)24(31)29-12-10-28(11-13-29)19-9-7-6-8-18(19)26-25(35)27-23(30)17-14-20(32-3)22(34-5)21(15-17)33-4/h6-9,14-16H,10-13H2,1-5H3,(H2,26,27,30,35). The van der Waals surface area contributed by atoms with Gasteiger partial charge >= 0.3 is 0 Å². The van der Waals surface area contributed by atoms with Crippen LogP contribution in [0.3, 0.4) is 0 Å². The summed E-state index contributed by atoms with van der Waals surface area (Å²) in [7, 11) is 4.47. The molecule has 0 aliphatic carbocycles. The molecule has 2 aromatic rings. The van der Waals surface area contributed by atoms with E-state index in [0.717, 1.165) is 11.4 Å². The van der Waals surface area contributed by atoms with Gasteiger partial charge in [-0.2, -0.15) is 0 Å². The van der Waals surface area contributed by atoms with Crippen LogP contribution in [0.1, 0.15) is 24.2 Å². The topological polar surface area (TPSA) is 92.4 Å². The Balaban J connectivity index is 1.69. The summed E-state index contributed by atoms with van der Waals surface area (Å²) >= 11 is 5.42. The van der Waals surface area contributed by atoms with Crippen molar-refractivity contribution < 1.29 is 23.8 Å². The maximum atomic E-state index is 12.9. The Morgan fingerprint density at radius 1 is 0.943 bits per heavy atom. The molecule has 1 heterocycles. The fourth-order valence-corrected chi connectivity index (χ4v) is 4.13. The third-order valence-electron chi connectivity index (χ3n) is 5.73. The van der Waals surface area contributed by atoms with Crippen molar-refractivity contribution in [1.82, 2.24) is 10.2 Å². The molecule has 2 N–H and O–H groups in total. The first kappa shape index (κ1) is 26.1. The van der Waals surface area contributed by atoms with Gasteiger partial charge in [-0.3, -0.25) is 14.9 Å². The number of thiocarbonyl (C=S) groups is 1. The van der Waals surface area contributed by atoms with Crippen LogP contribution in [-0.4, -0.2) is 69.3 Å². The van der Waals surface area contributed by atoms with Crippen molar-refractivity contribution in [3.05, 3.63) is 42.0 Å². The molecule has 2 aromatic carbocycles. The van der Waals surface area contributed by atoms with Crippen molar-refractivity contribution >= 4 is 40.5 Å². The number of hydrogen-bond donors (Lipinski definition) is 2. The second-order valence-electron chi connectivity index (χ2n) is 8.31. The van der Waals surface area contributed by atoms with Gasteiger partial charge in [0.1, 0.15) is 0 Å².